The van der Waals surface area contributed by atoms with Gasteiger partial charge in [-0.2, -0.15) is 0 Å². The van der Waals surface area contributed by atoms with E-state index in [0.29, 0.717) is 17.7 Å². The number of para-hydroxylation sites is 1. The van der Waals surface area contributed by atoms with Crippen molar-refractivity contribution in [2.75, 3.05) is 0 Å². The number of ether oxygens (including phenoxy) is 1. The topological polar surface area (TPSA) is 39.4 Å². The van der Waals surface area contributed by atoms with Gasteiger partial charge in [0, 0.05) is 28.6 Å². The van der Waals surface area contributed by atoms with E-state index in [0.717, 1.165) is 33.5 Å². The minimum absolute atomic E-state index is 0.0203. The molecule has 8 rings (SSSR count). The van der Waals surface area contributed by atoms with Crippen LogP contribution in [-0.4, -0.2) is 21.1 Å². The van der Waals surface area contributed by atoms with E-state index in [4.69, 9.17) is 9.72 Å². The quantitative estimate of drug-likeness (QED) is 0.123. The van der Waals surface area contributed by atoms with Crippen LogP contribution in [0, 0.1) is 0 Å². The van der Waals surface area contributed by atoms with Gasteiger partial charge in [0.15, 0.2) is 0 Å². The van der Waals surface area contributed by atoms with E-state index in [2.05, 4.69) is 152 Å². The van der Waals surface area contributed by atoms with Gasteiger partial charge < -0.3 is 4.74 Å². The molecule has 0 spiro atoms. The molecule has 0 fully saturated rings. The number of pyridine rings is 2. The fourth-order valence-corrected chi connectivity index (χ4v) is 7.38. The molecule has 0 saturated carbocycles. The van der Waals surface area contributed by atoms with Crippen LogP contribution in [0.3, 0.4) is 0 Å². The zero-order valence-corrected chi connectivity index (χ0v) is 28.3. The maximum atomic E-state index is 6.19. The normalized spacial score (nSPS) is 11.6. The van der Waals surface area contributed by atoms with Crippen LogP contribution in [0.25, 0.3) is 38.6 Å². The Labute approximate surface area is 288 Å². The largest absolute Gasteiger partial charge is 0.439 e. The van der Waals surface area contributed by atoms with Crippen LogP contribution in [0.4, 0.5) is 0 Å². The number of hydrogen-bond acceptors (Lipinski definition) is 3. The Morgan fingerprint density at radius 3 is 2.02 bits per heavy atom. The van der Waals surface area contributed by atoms with Crippen LogP contribution in [0.1, 0.15) is 50.7 Å². The van der Waals surface area contributed by atoms with E-state index in [-0.39, 0.29) is 6.71 Å². The predicted molar refractivity (Wildman–Crippen MR) is 206 cm³/mol. The third-order valence-corrected chi connectivity index (χ3v) is 9.63. The summed E-state index contributed by atoms with van der Waals surface area (Å²) < 4.78 is 8.59. The van der Waals surface area contributed by atoms with Crippen molar-refractivity contribution in [2.24, 2.45) is 0 Å². The van der Waals surface area contributed by atoms with Crippen LogP contribution in [0.2, 0.25) is 0 Å². The van der Waals surface area contributed by atoms with Crippen molar-refractivity contribution < 1.29 is 4.74 Å². The smallest absolute Gasteiger partial charge is 0.241 e. The van der Waals surface area contributed by atoms with Gasteiger partial charge in [0.05, 0.1) is 17.4 Å². The first-order valence-electron chi connectivity index (χ1n) is 17.2. The maximum Gasteiger partial charge on any atom is 0.241 e. The second-order valence-electron chi connectivity index (χ2n) is 13.4. The number of benzene rings is 5. The van der Waals surface area contributed by atoms with Crippen LogP contribution in [0.15, 0.2) is 146 Å². The average molecular weight is 636 g/mol. The lowest BCUT2D eigenvalue weighted by molar-refractivity contribution is 0.463. The number of aromatic nitrogens is 3. The molecule has 0 aliphatic heterocycles. The highest BCUT2D eigenvalue weighted by Crippen LogP contribution is 2.39. The van der Waals surface area contributed by atoms with E-state index in [1.807, 2.05) is 24.3 Å². The molecular weight excluding hydrogens is 597 g/mol. The number of fused-ring (bicyclic) bond motifs is 6. The molecule has 3 heterocycles. The third kappa shape index (κ3) is 5.55. The molecule has 49 heavy (non-hydrogen) atoms. The number of hydrogen-bond donors (Lipinski definition) is 0. The lowest BCUT2D eigenvalue weighted by Crippen LogP contribution is -2.51. The summed E-state index contributed by atoms with van der Waals surface area (Å²) in [6, 6.07) is 47.2. The zero-order chi connectivity index (χ0) is 33.5. The minimum Gasteiger partial charge on any atom is -0.439 e. The van der Waals surface area contributed by atoms with Crippen molar-refractivity contribution in [2.45, 2.75) is 39.5 Å². The lowest BCUT2D eigenvalue weighted by Gasteiger charge is -2.21. The summed E-state index contributed by atoms with van der Waals surface area (Å²) in [6.07, 6.45) is 3.84. The molecule has 0 radical (unpaired) electrons. The molecule has 238 valence electrons. The molecule has 0 atom stereocenters. The fourth-order valence-electron chi connectivity index (χ4n) is 7.38. The Hall–Kier alpha value is -5.68. The molecule has 0 N–H and O–H groups in total. The molecule has 0 saturated heterocycles. The molecule has 8 aromatic rings. The minimum atomic E-state index is -0.0203. The van der Waals surface area contributed by atoms with Crippen LogP contribution < -0.4 is 21.1 Å². The molecule has 4 nitrogen and oxygen atoms in total. The molecule has 5 heteroatoms. The first-order valence-corrected chi connectivity index (χ1v) is 17.2. The Balaban J connectivity index is 1.37. The van der Waals surface area contributed by atoms with Crippen molar-refractivity contribution in [1.82, 2.24) is 14.4 Å². The van der Waals surface area contributed by atoms with Gasteiger partial charge in [-0.05, 0) is 52.6 Å². The average Bonchev–Trinajstić information content (AvgIpc) is 3.58. The van der Waals surface area contributed by atoms with Gasteiger partial charge in [-0.15, -0.1) is 0 Å². The highest BCUT2D eigenvalue weighted by Gasteiger charge is 2.25. The van der Waals surface area contributed by atoms with Gasteiger partial charge in [-0.25, -0.2) is 9.97 Å². The summed E-state index contributed by atoms with van der Waals surface area (Å²) in [6.45, 7) is 9.11. The summed E-state index contributed by atoms with van der Waals surface area (Å²) in [5, 5.41) is 3.55. The van der Waals surface area contributed by atoms with Crippen LogP contribution >= 0.6 is 0 Å². The first kappa shape index (κ1) is 30.6. The van der Waals surface area contributed by atoms with Crippen molar-refractivity contribution in [1.29, 1.82) is 0 Å². The Bertz CT molecular complexity index is 2410. The van der Waals surface area contributed by atoms with Gasteiger partial charge in [0.1, 0.15) is 11.4 Å². The van der Waals surface area contributed by atoms with E-state index in [1.54, 1.807) is 6.20 Å². The summed E-state index contributed by atoms with van der Waals surface area (Å²) >= 11 is 0. The predicted octanol–water partition coefficient (Wildman–Crippen LogP) is 9.26. The molecule has 0 bridgehead atoms. The molecule has 3 aromatic heterocycles. The van der Waals surface area contributed by atoms with E-state index >= 15 is 0 Å². The summed E-state index contributed by atoms with van der Waals surface area (Å²) in [5.41, 5.74) is 10.8. The first-order chi connectivity index (χ1) is 24.0. The SMILES string of the molecule is CC(C)c1cccc(C(C)C)c1-c1cnc2c3cc(B(c4ccccc4)c4cccc(Oc5ccccn5)c4)ccc3c3ccccc3n12. The maximum absolute atomic E-state index is 6.19. The highest BCUT2D eigenvalue weighted by atomic mass is 16.5. The zero-order valence-electron chi connectivity index (χ0n) is 28.3. The third-order valence-electron chi connectivity index (χ3n) is 9.63. The standard InChI is InChI=1S/C44H38BN3O/c1-29(2)35-19-13-20-36(30(3)4)43(35)41-28-47-44-39-27-33(23-24-37(39)38-18-8-9-21-40(38)48(41)44)45(31-14-6-5-7-15-31)32-16-12-17-34(26-32)49-42-22-10-11-25-46-42/h5-30H,1-4H3. The van der Waals surface area contributed by atoms with Gasteiger partial charge in [0.25, 0.3) is 0 Å². The Morgan fingerprint density at radius 1 is 0.571 bits per heavy atom. The Morgan fingerprint density at radius 2 is 1.27 bits per heavy atom. The lowest BCUT2D eigenvalue weighted by atomic mass is 9.37. The van der Waals surface area contributed by atoms with E-state index < -0.39 is 0 Å². The summed E-state index contributed by atoms with van der Waals surface area (Å²) in [5.74, 6) is 2.09. The molecule has 0 unspecified atom stereocenters. The van der Waals surface area contributed by atoms with E-state index in [9.17, 15) is 0 Å². The molecule has 5 aromatic carbocycles. The van der Waals surface area contributed by atoms with Gasteiger partial charge in [-0.3, -0.25) is 4.40 Å². The molecular formula is C44H38BN3O. The summed E-state index contributed by atoms with van der Waals surface area (Å²) in [4.78, 5) is 9.59. The van der Waals surface area contributed by atoms with Gasteiger partial charge >= 0.3 is 0 Å². The number of rotatable bonds is 8. The van der Waals surface area contributed by atoms with Crippen molar-refractivity contribution >= 4 is 50.4 Å². The van der Waals surface area contributed by atoms with Crippen molar-refractivity contribution in [3.05, 3.63) is 157 Å². The van der Waals surface area contributed by atoms with Crippen molar-refractivity contribution in [3.8, 4) is 22.9 Å². The molecule has 0 aliphatic rings. The summed E-state index contributed by atoms with van der Waals surface area (Å²) in [7, 11) is 0. The molecule has 0 amide bonds. The fraction of sp³-hybridized carbons (Fsp3) is 0.136. The van der Waals surface area contributed by atoms with E-state index in [1.165, 1.54) is 38.4 Å². The highest BCUT2D eigenvalue weighted by molar-refractivity contribution is 6.95. The van der Waals surface area contributed by atoms with Crippen LogP contribution in [-0.2, 0) is 0 Å². The molecule has 0 aliphatic carbocycles. The van der Waals surface area contributed by atoms with Gasteiger partial charge in [-0.1, -0.05) is 147 Å². The monoisotopic (exact) mass is 635 g/mol. The second kappa shape index (κ2) is 12.7. The second-order valence-corrected chi connectivity index (χ2v) is 13.4. The van der Waals surface area contributed by atoms with Gasteiger partial charge in [0.2, 0.25) is 12.6 Å². The van der Waals surface area contributed by atoms with Crippen molar-refractivity contribution in [3.63, 3.8) is 0 Å². The number of nitrogens with zero attached hydrogens (tertiary/aromatic N) is 3. The Kier molecular flexibility index (Phi) is 7.97. The number of imidazole rings is 1. The van der Waals surface area contributed by atoms with Crippen LogP contribution in [0.5, 0.6) is 11.6 Å².